The van der Waals surface area contributed by atoms with Crippen molar-refractivity contribution >= 4 is 11.6 Å². The van der Waals surface area contributed by atoms with Gasteiger partial charge in [-0.05, 0) is 12.1 Å². The molecule has 1 atom stereocenters. The van der Waals surface area contributed by atoms with Crippen molar-refractivity contribution in [3.63, 3.8) is 0 Å². The summed E-state index contributed by atoms with van der Waals surface area (Å²) >= 11 is 5.80. The van der Waals surface area contributed by atoms with Gasteiger partial charge in [-0.25, -0.2) is 4.98 Å². The van der Waals surface area contributed by atoms with Gasteiger partial charge in [-0.2, -0.15) is 0 Å². The molecule has 70 valence electrons. The van der Waals surface area contributed by atoms with Gasteiger partial charge >= 0.3 is 0 Å². The SMILES string of the molecule is Clc1cccc(C2CNCCN2)n1. The highest BCUT2D eigenvalue weighted by atomic mass is 35.5. The Hall–Kier alpha value is -0.640. The molecule has 13 heavy (non-hydrogen) atoms. The number of hydrogen-bond acceptors (Lipinski definition) is 3. The zero-order chi connectivity index (χ0) is 9.10. The normalized spacial score (nSPS) is 23.0. The van der Waals surface area contributed by atoms with Crippen molar-refractivity contribution < 1.29 is 0 Å². The summed E-state index contributed by atoms with van der Waals surface area (Å²) in [7, 11) is 0. The quantitative estimate of drug-likeness (QED) is 0.659. The van der Waals surface area contributed by atoms with Gasteiger partial charge < -0.3 is 10.6 Å². The predicted octanol–water partition coefficient (Wildman–Crippen LogP) is 0.969. The minimum absolute atomic E-state index is 0.299. The topological polar surface area (TPSA) is 37.0 Å². The molecular formula is C9H12ClN3. The lowest BCUT2D eigenvalue weighted by Gasteiger charge is -2.23. The maximum atomic E-state index is 5.80. The zero-order valence-electron chi connectivity index (χ0n) is 7.26. The molecule has 2 N–H and O–H groups in total. The van der Waals surface area contributed by atoms with E-state index in [1.165, 1.54) is 0 Å². The lowest BCUT2D eigenvalue weighted by atomic mass is 10.1. The number of nitrogens with one attached hydrogen (secondary N) is 2. The van der Waals surface area contributed by atoms with Crippen LogP contribution >= 0.6 is 11.6 Å². The van der Waals surface area contributed by atoms with Gasteiger partial charge in [0.05, 0.1) is 11.7 Å². The fourth-order valence-corrected chi connectivity index (χ4v) is 1.65. The molecule has 1 aromatic rings. The molecule has 2 rings (SSSR count). The highest BCUT2D eigenvalue weighted by Gasteiger charge is 2.14. The van der Waals surface area contributed by atoms with Gasteiger partial charge in [0.25, 0.3) is 0 Å². The minimum atomic E-state index is 0.299. The smallest absolute Gasteiger partial charge is 0.129 e. The third-order valence-corrected chi connectivity index (χ3v) is 2.35. The lowest BCUT2D eigenvalue weighted by molar-refractivity contribution is 0.423. The molecule has 3 nitrogen and oxygen atoms in total. The standard InChI is InChI=1S/C9H12ClN3/c10-9-3-1-2-7(13-9)8-6-11-4-5-12-8/h1-3,8,11-12H,4-6H2. The van der Waals surface area contributed by atoms with Crippen LogP contribution < -0.4 is 10.6 Å². The second kappa shape index (κ2) is 4.05. The summed E-state index contributed by atoms with van der Waals surface area (Å²) in [5.41, 5.74) is 1.01. The second-order valence-electron chi connectivity index (χ2n) is 3.10. The first-order valence-corrected chi connectivity index (χ1v) is 4.80. The minimum Gasteiger partial charge on any atom is -0.314 e. The number of nitrogens with zero attached hydrogens (tertiary/aromatic N) is 1. The molecule has 1 aliphatic rings. The number of halogens is 1. The molecule has 0 spiro atoms. The van der Waals surface area contributed by atoms with Crippen molar-refractivity contribution in [2.75, 3.05) is 19.6 Å². The fourth-order valence-electron chi connectivity index (χ4n) is 1.48. The Kier molecular flexibility index (Phi) is 2.78. The molecule has 1 aromatic heterocycles. The van der Waals surface area contributed by atoms with Crippen molar-refractivity contribution in [3.05, 3.63) is 29.0 Å². The Labute approximate surface area is 82.5 Å². The summed E-state index contributed by atoms with van der Waals surface area (Å²) < 4.78 is 0. The number of rotatable bonds is 1. The Bertz CT molecular complexity index is 284. The zero-order valence-corrected chi connectivity index (χ0v) is 8.01. The van der Waals surface area contributed by atoms with Crippen LogP contribution in [0, 0.1) is 0 Å². The molecular weight excluding hydrogens is 186 g/mol. The van der Waals surface area contributed by atoms with E-state index in [1.807, 2.05) is 12.1 Å². The van der Waals surface area contributed by atoms with Crippen LogP contribution in [0.2, 0.25) is 5.15 Å². The number of pyridine rings is 1. The highest BCUT2D eigenvalue weighted by Crippen LogP contribution is 2.13. The number of hydrogen-bond donors (Lipinski definition) is 2. The Morgan fingerprint density at radius 2 is 2.31 bits per heavy atom. The van der Waals surface area contributed by atoms with Crippen molar-refractivity contribution in [1.82, 2.24) is 15.6 Å². The maximum Gasteiger partial charge on any atom is 0.129 e. The number of piperazine rings is 1. The molecule has 1 saturated heterocycles. The molecule has 4 heteroatoms. The maximum absolute atomic E-state index is 5.80. The molecule has 0 amide bonds. The first-order valence-electron chi connectivity index (χ1n) is 4.43. The summed E-state index contributed by atoms with van der Waals surface area (Å²) in [6, 6.07) is 6.02. The van der Waals surface area contributed by atoms with Gasteiger partial charge in [-0.1, -0.05) is 17.7 Å². The van der Waals surface area contributed by atoms with E-state index in [0.717, 1.165) is 25.3 Å². The third-order valence-electron chi connectivity index (χ3n) is 2.13. The first-order chi connectivity index (χ1) is 6.36. The van der Waals surface area contributed by atoms with E-state index < -0.39 is 0 Å². The van der Waals surface area contributed by atoms with Gasteiger partial charge in [0.1, 0.15) is 5.15 Å². The van der Waals surface area contributed by atoms with Crippen LogP contribution in [0.3, 0.4) is 0 Å². The second-order valence-corrected chi connectivity index (χ2v) is 3.48. The van der Waals surface area contributed by atoms with Crippen LogP contribution in [-0.2, 0) is 0 Å². The van der Waals surface area contributed by atoms with Crippen molar-refractivity contribution in [2.45, 2.75) is 6.04 Å². The fraction of sp³-hybridized carbons (Fsp3) is 0.444. The molecule has 0 radical (unpaired) electrons. The molecule has 1 unspecified atom stereocenters. The Balaban J connectivity index is 2.14. The van der Waals surface area contributed by atoms with E-state index >= 15 is 0 Å². The summed E-state index contributed by atoms with van der Waals surface area (Å²) in [5, 5.41) is 7.25. The van der Waals surface area contributed by atoms with E-state index in [1.54, 1.807) is 6.07 Å². The highest BCUT2D eigenvalue weighted by molar-refractivity contribution is 6.29. The summed E-state index contributed by atoms with van der Waals surface area (Å²) in [6.45, 7) is 2.93. The average molecular weight is 198 g/mol. The summed E-state index contributed by atoms with van der Waals surface area (Å²) in [6.07, 6.45) is 0. The van der Waals surface area contributed by atoms with Crippen LogP contribution in [0.1, 0.15) is 11.7 Å². The molecule has 1 fully saturated rings. The van der Waals surface area contributed by atoms with Crippen LogP contribution in [0.5, 0.6) is 0 Å². The molecule has 0 bridgehead atoms. The Morgan fingerprint density at radius 3 is 3.00 bits per heavy atom. The van der Waals surface area contributed by atoms with Gasteiger partial charge in [-0.15, -0.1) is 0 Å². The van der Waals surface area contributed by atoms with E-state index in [0.29, 0.717) is 11.2 Å². The van der Waals surface area contributed by atoms with Crippen molar-refractivity contribution in [3.8, 4) is 0 Å². The van der Waals surface area contributed by atoms with Crippen LogP contribution in [0.4, 0.5) is 0 Å². The van der Waals surface area contributed by atoms with Gasteiger partial charge in [-0.3, -0.25) is 0 Å². The van der Waals surface area contributed by atoms with Crippen molar-refractivity contribution in [1.29, 1.82) is 0 Å². The average Bonchev–Trinajstić information content (AvgIpc) is 2.19. The molecule has 0 aromatic carbocycles. The molecule has 2 heterocycles. The van der Waals surface area contributed by atoms with Crippen LogP contribution in [0.25, 0.3) is 0 Å². The predicted molar refractivity (Wildman–Crippen MR) is 52.9 cm³/mol. The monoisotopic (exact) mass is 197 g/mol. The van der Waals surface area contributed by atoms with Crippen LogP contribution in [0.15, 0.2) is 18.2 Å². The number of aromatic nitrogens is 1. The molecule has 0 aliphatic carbocycles. The van der Waals surface area contributed by atoms with E-state index in [9.17, 15) is 0 Å². The van der Waals surface area contributed by atoms with Crippen LogP contribution in [-0.4, -0.2) is 24.6 Å². The van der Waals surface area contributed by atoms with E-state index in [4.69, 9.17) is 11.6 Å². The summed E-state index contributed by atoms with van der Waals surface area (Å²) in [4.78, 5) is 4.26. The lowest BCUT2D eigenvalue weighted by Crippen LogP contribution is -2.42. The molecule has 1 aliphatic heterocycles. The first kappa shape index (κ1) is 8.94. The largest absolute Gasteiger partial charge is 0.314 e. The Morgan fingerprint density at radius 1 is 1.38 bits per heavy atom. The van der Waals surface area contributed by atoms with E-state index in [2.05, 4.69) is 15.6 Å². The van der Waals surface area contributed by atoms with Gasteiger partial charge in [0.2, 0.25) is 0 Å². The third kappa shape index (κ3) is 2.18. The van der Waals surface area contributed by atoms with Crippen molar-refractivity contribution in [2.24, 2.45) is 0 Å². The van der Waals surface area contributed by atoms with Gasteiger partial charge in [0.15, 0.2) is 0 Å². The molecule has 0 saturated carbocycles. The van der Waals surface area contributed by atoms with Gasteiger partial charge in [0, 0.05) is 19.6 Å². The van der Waals surface area contributed by atoms with E-state index in [-0.39, 0.29) is 0 Å². The summed E-state index contributed by atoms with van der Waals surface area (Å²) in [5.74, 6) is 0.